The Bertz CT molecular complexity index is 346. The van der Waals surface area contributed by atoms with Gasteiger partial charge in [-0.05, 0) is 35.9 Å². The Morgan fingerprint density at radius 2 is 2.00 bits per heavy atom. The molecule has 0 fully saturated rings. The highest BCUT2D eigenvalue weighted by molar-refractivity contribution is 7.99. The molecule has 0 saturated carbocycles. The van der Waals surface area contributed by atoms with Gasteiger partial charge in [0.2, 0.25) is 0 Å². The number of rotatable bonds is 7. The number of carbonyl (C=O) groups is 1. The van der Waals surface area contributed by atoms with Gasteiger partial charge in [-0.15, -0.1) is 0 Å². The van der Waals surface area contributed by atoms with Crippen molar-refractivity contribution in [3.05, 3.63) is 29.8 Å². The van der Waals surface area contributed by atoms with Crippen LogP contribution in [-0.2, 0) is 0 Å². The average Bonchev–Trinajstić information content (AvgIpc) is 2.38. The minimum Gasteiger partial charge on any atom is -0.497 e. The molecule has 0 radical (unpaired) electrons. The van der Waals surface area contributed by atoms with E-state index in [0.717, 1.165) is 17.1 Å². The lowest BCUT2D eigenvalue weighted by atomic mass is 10.1. The molecule has 0 aliphatic carbocycles. The number of methoxy groups -OCH3 is 1. The molecule has 0 bridgehead atoms. The number of ether oxygens (including phenoxy) is 1. The van der Waals surface area contributed by atoms with Gasteiger partial charge in [-0.1, -0.05) is 20.3 Å². The first-order valence-electron chi connectivity index (χ1n) is 5.92. The highest BCUT2D eigenvalue weighted by atomic mass is 32.2. The van der Waals surface area contributed by atoms with Crippen LogP contribution >= 0.6 is 11.8 Å². The Labute approximate surface area is 108 Å². The van der Waals surface area contributed by atoms with Gasteiger partial charge in [-0.3, -0.25) is 4.79 Å². The third-order valence-electron chi connectivity index (χ3n) is 2.74. The van der Waals surface area contributed by atoms with Crippen molar-refractivity contribution in [1.82, 2.24) is 0 Å². The smallest absolute Gasteiger partial charge is 0.172 e. The minimum atomic E-state index is 0.195. The minimum absolute atomic E-state index is 0.195. The topological polar surface area (TPSA) is 26.3 Å². The SMILES string of the molecule is CCC(C)CSCC(=O)c1ccc(OC)cc1. The Balaban J connectivity index is 2.41. The van der Waals surface area contributed by atoms with Crippen molar-refractivity contribution in [2.75, 3.05) is 18.6 Å². The number of ketones is 1. The maximum absolute atomic E-state index is 11.9. The van der Waals surface area contributed by atoms with E-state index in [4.69, 9.17) is 4.74 Å². The summed E-state index contributed by atoms with van der Waals surface area (Å²) in [7, 11) is 1.62. The van der Waals surface area contributed by atoms with E-state index in [0.29, 0.717) is 11.7 Å². The predicted octanol–water partition coefficient (Wildman–Crippen LogP) is 3.66. The van der Waals surface area contributed by atoms with E-state index in [2.05, 4.69) is 13.8 Å². The number of thioether (sulfide) groups is 1. The normalized spacial score (nSPS) is 12.2. The Kier molecular flexibility index (Phi) is 6.12. The fourth-order valence-electron chi connectivity index (χ4n) is 1.33. The molecule has 1 unspecified atom stereocenters. The van der Waals surface area contributed by atoms with Crippen molar-refractivity contribution in [2.24, 2.45) is 5.92 Å². The van der Waals surface area contributed by atoms with Crippen LogP contribution in [0.4, 0.5) is 0 Å². The van der Waals surface area contributed by atoms with Crippen LogP contribution in [0, 0.1) is 5.92 Å². The highest BCUT2D eigenvalue weighted by Crippen LogP contribution is 2.15. The maximum atomic E-state index is 11.9. The van der Waals surface area contributed by atoms with Crippen molar-refractivity contribution in [3.63, 3.8) is 0 Å². The number of carbonyl (C=O) groups excluding carboxylic acids is 1. The third kappa shape index (κ3) is 4.82. The fourth-order valence-corrected chi connectivity index (χ4v) is 2.44. The molecule has 0 heterocycles. The fraction of sp³-hybridized carbons (Fsp3) is 0.500. The molecular weight excluding hydrogens is 232 g/mol. The second kappa shape index (κ2) is 7.38. The molecular formula is C14H20O2S. The maximum Gasteiger partial charge on any atom is 0.172 e. The second-order valence-corrected chi connectivity index (χ2v) is 5.21. The lowest BCUT2D eigenvalue weighted by Crippen LogP contribution is -2.05. The molecule has 94 valence electrons. The quantitative estimate of drug-likeness (QED) is 0.693. The molecule has 3 heteroatoms. The summed E-state index contributed by atoms with van der Waals surface area (Å²) in [6, 6.07) is 7.30. The third-order valence-corrected chi connectivity index (χ3v) is 4.02. The van der Waals surface area contributed by atoms with E-state index in [1.807, 2.05) is 24.3 Å². The summed E-state index contributed by atoms with van der Waals surface area (Å²) in [6.45, 7) is 4.39. The summed E-state index contributed by atoms with van der Waals surface area (Å²) in [5.41, 5.74) is 0.766. The first kappa shape index (κ1) is 14.1. The van der Waals surface area contributed by atoms with E-state index in [-0.39, 0.29) is 5.78 Å². The number of hydrogen-bond acceptors (Lipinski definition) is 3. The van der Waals surface area contributed by atoms with Crippen molar-refractivity contribution in [2.45, 2.75) is 20.3 Å². The van der Waals surface area contributed by atoms with Gasteiger partial charge in [0.15, 0.2) is 5.78 Å². The zero-order valence-electron chi connectivity index (χ0n) is 10.7. The second-order valence-electron chi connectivity index (χ2n) is 4.18. The molecule has 1 aromatic rings. The van der Waals surface area contributed by atoms with Crippen molar-refractivity contribution in [1.29, 1.82) is 0 Å². The van der Waals surface area contributed by atoms with Crippen LogP contribution in [0.3, 0.4) is 0 Å². The van der Waals surface area contributed by atoms with Gasteiger partial charge in [-0.25, -0.2) is 0 Å². The van der Waals surface area contributed by atoms with Crippen LogP contribution in [-0.4, -0.2) is 24.4 Å². The van der Waals surface area contributed by atoms with E-state index in [9.17, 15) is 4.79 Å². The standard InChI is InChI=1S/C14H20O2S/c1-4-11(2)9-17-10-14(15)12-5-7-13(16-3)8-6-12/h5-8,11H,4,9-10H2,1-3H3. The lowest BCUT2D eigenvalue weighted by Gasteiger charge is -2.07. The summed E-state index contributed by atoms with van der Waals surface area (Å²) in [5, 5.41) is 0. The zero-order chi connectivity index (χ0) is 12.7. The summed E-state index contributed by atoms with van der Waals surface area (Å²) >= 11 is 1.72. The highest BCUT2D eigenvalue weighted by Gasteiger charge is 2.07. The molecule has 0 aliphatic rings. The molecule has 2 nitrogen and oxygen atoms in total. The van der Waals surface area contributed by atoms with Gasteiger partial charge in [-0.2, -0.15) is 11.8 Å². The van der Waals surface area contributed by atoms with Gasteiger partial charge in [0.25, 0.3) is 0 Å². The summed E-state index contributed by atoms with van der Waals surface area (Å²) in [6.07, 6.45) is 1.17. The molecule has 1 aromatic carbocycles. The number of Topliss-reactive ketones (excluding diaryl/α,β-unsaturated/α-hetero) is 1. The zero-order valence-corrected chi connectivity index (χ0v) is 11.5. The van der Waals surface area contributed by atoms with E-state index in [1.165, 1.54) is 6.42 Å². The van der Waals surface area contributed by atoms with E-state index < -0.39 is 0 Å². The van der Waals surface area contributed by atoms with Crippen molar-refractivity contribution in [3.8, 4) is 5.75 Å². The number of benzene rings is 1. The molecule has 0 N–H and O–H groups in total. The van der Waals surface area contributed by atoms with Gasteiger partial charge in [0, 0.05) is 5.56 Å². The summed E-state index contributed by atoms with van der Waals surface area (Å²) < 4.78 is 5.06. The van der Waals surface area contributed by atoms with Crippen LogP contribution in [0.25, 0.3) is 0 Å². The van der Waals surface area contributed by atoms with Gasteiger partial charge in [0.1, 0.15) is 5.75 Å². The molecule has 1 rings (SSSR count). The summed E-state index contributed by atoms with van der Waals surface area (Å²) in [5.74, 6) is 3.29. The Hall–Kier alpha value is -0.960. The Morgan fingerprint density at radius 3 is 2.53 bits per heavy atom. The molecule has 0 aromatic heterocycles. The molecule has 0 amide bonds. The first-order chi connectivity index (χ1) is 8.17. The van der Waals surface area contributed by atoms with E-state index in [1.54, 1.807) is 18.9 Å². The first-order valence-corrected chi connectivity index (χ1v) is 7.07. The number of hydrogen-bond donors (Lipinski definition) is 0. The monoisotopic (exact) mass is 252 g/mol. The largest absolute Gasteiger partial charge is 0.497 e. The van der Waals surface area contributed by atoms with Crippen LogP contribution in [0.2, 0.25) is 0 Å². The predicted molar refractivity (Wildman–Crippen MR) is 74.1 cm³/mol. The van der Waals surface area contributed by atoms with E-state index >= 15 is 0 Å². The Morgan fingerprint density at radius 1 is 1.35 bits per heavy atom. The van der Waals surface area contributed by atoms with Crippen LogP contribution in [0.1, 0.15) is 30.6 Å². The summed E-state index contributed by atoms with van der Waals surface area (Å²) in [4.78, 5) is 11.9. The average molecular weight is 252 g/mol. The van der Waals surface area contributed by atoms with Gasteiger partial charge < -0.3 is 4.74 Å². The van der Waals surface area contributed by atoms with Gasteiger partial charge >= 0.3 is 0 Å². The molecule has 0 saturated heterocycles. The molecule has 17 heavy (non-hydrogen) atoms. The van der Waals surface area contributed by atoms with Gasteiger partial charge in [0.05, 0.1) is 12.9 Å². The molecule has 0 spiro atoms. The van der Waals surface area contributed by atoms with Crippen molar-refractivity contribution < 1.29 is 9.53 Å². The van der Waals surface area contributed by atoms with Crippen LogP contribution in [0.5, 0.6) is 5.75 Å². The molecule has 0 aliphatic heterocycles. The molecule has 1 atom stereocenters. The lowest BCUT2D eigenvalue weighted by molar-refractivity contribution is 0.102. The van der Waals surface area contributed by atoms with Crippen LogP contribution < -0.4 is 4.74 Å². The van der Waals surface area contributed by atoms with Crippen LogP contribution in [0.15, 0.2) is 24.3 Å². The van der Waals surface area contributed by atoms with Crippen molar-refractivity contribution >= 4 is 17.5 Å².